The Hall–Kier alpha value is -0.120. The van der Waals surface area contributed by atoms with Gasteiger partial charge >= 0.3 is 0 Å². The van der Waals surface area contributed by atoms with E-state index in [1.54, 1.807) is 7.11 Å². The maximum atomic E-state index is 9.89. The van der Waals surface area contributed by atoms with Gasteiger partial charge in [0.25, 0.3) is 0 Å². The predicted octanol–water partition coefficient (Wildman–Crippen LogP) is 0.629. The monoisotopic (exact) mass is 175 g/mol. The average Bonchev–Trinajstić information content (AvgIpc) is 2.00. The van der Waals surface area contributed by atoms with Crippen LogP contribution in [0.2, 0.25) is 0 Å². The molecule has 0 radical (unpaired) electrons. The number of methoxy groups -OCH3 is 1. The summed E-state index contributed by atoms with van der Waals surface area (Å²) < 4.78 is 4.95. The second-order valence-corrected chi connectivity index (χ2v) is 3.57. The van der Waals surface area contributed by atoms with E-state index in [1.165, 1.54) is 0 Å². The van der Waals surface area contributed by atoms with Crippen molar-refractivity contribution in [3.63, 3.8) is 0 Å². The zero-order chi connectivity index (χ0) is 9.61. The number of ether oxygens (including phenoxy) is 1. The van der Waals surface area contributed by atoms with Crippen molar-refractivity contribution in [3.8, 4) is 0 Å². The first-order valence-corrected chi connectivity index (χ1v) is 4.40. The molecule has 0 saturated carbocycles. The Labute approximate surface area is 75.1 Å². The molecule has 74 valence electrons. The Bertz CT molecular complexity index is 115. The Kier molecular flexibility index (Phi) is 5.46. The van der Waals surface area contributed by atoms with Gasteiger partial charge < -0.3 is 15.2 Å². The lowest BCUT2D eigenvalue weighted by Gasteiger charge is -2.29. The van der Waals surface area contributed by atoms with Crippen LogP contribution in [-0.2, 0) is 4.74 Å². The van der Waals surface area contributed by atoms with Gasteiger partial charge in [0, 0.05) is 20.3 Å². The lowest BCUT2D eigenvalue weighted by molar-refractivity contribution is -0.00347. The lowest BCUT2D eigenvalue weighted by atomic mass is 9.88. The average molecular weight is 175 g/mol. The molecular weight excluding hydrogens is 154 g/mol. The van der Waals surface area contributed by atoms with Gasteiger partial charge in [-0.05, 0) is 26.3 Å². The summed E-state index contributed by atoms with van der Waals surface area (Å²) in [5.41, 5.74) is -0.632. The van der Waals surface area contributed by atoms with E-state index in [9.17, 15) is 5.11 Å². The quantitative estimate of drug-likeness (QED) is 0.622. The zero-order valence-corrected chi connectivity index (χ0v) is 8.55. The molecule has 0 spiro atoms. The summed E-state index contributed by atoms with van der Waals surface area (Å²) in [6.07, 6.45) is 0.894. The van der Waals surface area contributed by atoms with Crippen molar-refractivity contribution in [1.82, 2.24) is 5.32 Å². The first kappa shape index (κ1) is 11.9. The van der Waals surface area contributed by atoms with E-state index >= 15 is 0 Å². The van der Waals surface area contributed by atoms with Gasteiger partial charge in [0.1, 0.15) is 0 Å². The van der Waals surface area contributed by atoms with Gasteiger partial charge in [-0.1, -0.05) is 6.92 Å². The van der Waals surface area contributed by atoms with E-state index in [1.807, 2.05) is 20.9 Å². The van der Waals surface area contributed by atoms with Crippen LogP contribution in [0.15, 0.2) is 0 Å². The molecule has 0 amide bonds. The summed E-state index contributed by atoms with van der Waals surface area (Å²) in [7, 11) is 3.52. The number of aliphatic hydroxyl groups is 1. The van der Waals surface area contributed by atoms with Gasteiger partial charge in [-0.3, -0.25) is 0 Å². The first-order chi connectivity index (χ1) is 5.54. The van der Waals surface area contributed by atoms with Gasteiger partial charge in [0.15, 0.2) is 0 Å². The van der Waals surface area contributed by atoms with Crippen molar-refractivity contribution in [2.24, 2.45) is 5.92 Å². The molecule has 12 heavy (non-hydrogen) atoms. The number of nitrogens with one attached hydrogen (secondary N) is 1. The largest absolute Gasteiger partial charge is 0.389 e. The first-order valence-electron chi connectivity index (χ1n) is 4.40. The molecule has 0 aromatic carbocycles. The summed E-state index contributed by atoms with van der Waals surface area (Å²) in [6, 6.07) is 0. The molecule has 2 atom stereocenters. The highest BCUT2D eigenvalue weighted by Crippen LogP contribution is 2.18. The fourth-order valence-corrected chi connectivity index (χ4v) is 1.14. The molecule has 0 bridgehead atoms. The highest BCUT2D eigenvalue weighted by atomic mass is 16.5. The third-order valence-electron chi connectivity index (χ3n) is 2.35. The Morgan fingerprint density at radius 3 is 2.58 bits per heavy atom. The van der Waals surface area contributed by atoms with Gasteiger partial charge in [-0.25, -0.2) is 0 Å². The normalized spacial score (nSPS) is 18.8. The minimum absolute atomic E-state index is 0.255. The Balaban J connectivity index is 3.79. The summed E-state index contributed by atoms with van der Waals surface area (Å²) in [5.74, 6) is 0.255. The summed E-state index contributed by atoms with van der Waals surface area (Å²) in [4.78, 5) is 0. The van der Waals surface area contributed by atoms with E-state index in [4.69, 9.17) is 4.74 Å². The molecule has 0 aliphatic rings. The van der Waals surface area contributed by atoms with Crippen molar-refractivity contribution in [3.05, 3.63) is 0 Å². The molecule has 0 aromatic heterocycles. The topological polar surface area (TPSA) is 41.5 Å². The molecule has 0 aliphatic carbocycles. The molecule has 0 aromatic rings. The molecule has 0 fully saturated rings. The van der Waals surface area contributed by atoms with Crippen LogP contribution in [0, 0.1) is 5.92 Å². The molecule has 2 N–H and O–H groups in total. The maximum absolute atomic E-state index is 9.89. The highest BCUT2D eigenvalue weighted by Gasteiger charge is 2.26. The number of likely N-dealkylation sites (N-methyl/N-ethyl adjacent to an activating group) is 1. The summed E-state index contributed by atoms with van der Waals surface area (Å²) in [5, 5.41) is 12.9. The van der Waals surface area contributed by atoms with Crippen molar-refractivity contribution in [1.29, 1.82) is 0 Å². The Morgan fingerprint density at radius 2 is 2.17 bits per heavy atom. The van der Waals surface area contributed by atoms with Crippen LogP contribution in [0.1, 0.15) is 20.3 Å². The van der Waals surface area contributed by atoms with Crippen LogP contribution in [0.25, 0.3) is 0 Å². The van der Waals surface area contributed by atoms with E-state index in [0.29, 0.717) is 13.2 Å². The van der Waals surface area contributed by atoms with Gasteiger partial charge in [0.2, 0.25) is 0 Å². The SMILES string of the molecule is CNCC(C)(O)C(C)CCOC. The number of hydrogen-bond acceptors (Lipinski definition) is 3. The minimum atomic E-state index is -0.632. The smallest absolute Gasteiger partial charge is 0.0769 e. The minimum Gasteiger partial charge on any atom is -0.389 e. The second-order valence-electron chi connectivity index (χ2n) is 3.57. The van der Waals surface area contributed by atoms with E-state index in [-0.39, 0.29) is 5.92 Å². The third-order valence-corrected chi connectivity index (χ3v) is 2.35. The second kappa shape index (κ2) is 5.51. The molecule has 3 heteroatoms. The molecule has 0 rings (SSSR count). The van der Waals surface area contributed by atoms with Gasteiger partial charge in [0.05, 0.1) is 5.60 Å². The van der Waals surface area contributed by atoms with Crippen molar-refractivity contribution in [2.45, 2.75) is 25.9 Å². The van der Waals surface area contributed by atoms with Crippen molar-refractivity contribution >= 4 is 0 Å². The maximum Gasteiger partial charge on any atom is 0.0769 e. The molecule has 0 heterocycles. The van der Waals surface area contributed by atoms with Gasteiger partial charge in [-0.15, -0.1) is 0 Å². The van der Waals surface area contributed by atoms with Crippen LogP contribution in [0.4, 0.5) is 0 Å². The van der Waals surface area contributed by atoms with E-state index in [0.717, 1.165) is 6.42 Å². The molecule has 0 saturated heterocycles. The standard InChI is InChI=1S/C9H21NO2/c1-8(5-6-12-4)9(2,11)7-10-3/h8,10-11H,5-7H2,1-4H3. The van der Waals surface area contributed by atoms with Crippen LogP contribution in [-0.4, -0.2) is 38.0 Å². The van der Waals surface area contributed by atoms with Crippen molar-refractivity contribution in [2.75, 3.05) is 27.3 Å². The lowest BCUT2D eigenvalue weighted by Crippen LogP contribution is -2.42. The third kappa shape index (κ3) is 4.04. The van der Waals surface area contributed by atoms with E-state index in [2.05, 4.69) is 5.32 Å². The summed E-state index contributed by atoms with van der Waals surface area (Å²) >= 11 is 0. The molecular formula is C9H21NO2. The Morgan fingerprint density at radius 1 is 1.58 bits per heavy atom. The van der Waals surface area contributed by atoms with Crippen molar-refractivity contribution < 1.29 is 9.84 Å². The van der Waals surface area contributed by atoms with Gasteiger partial charge in [-0.2, -0.15) is 0 Å². The fourth-order valence-electron chi connectivity index (χ4n) is 1.14. The van der Waals surface area contributed by atoms with E-state index < -0.39 is 5.60 Å². The predicted molar refractivity (Wildman–Crippen MR) is 50.2 cm³/mol. The van der Waals surface area contributed by atoms with Crippen LogP contribution >= 0.6 is 0 Å². The number of hydrogen-bond donors (Lipinski definition) is 2. The van der Waals surface area contributed by atoms with Crippen LogP contribution in [0.5, 0.6) is 0 Å². The number of rotatable bonds is 6. The molecule has 3 nitrogen and oxygen atoms in total. The van der Waals surface area contributed by atoms with Crippen LogP contribution < -0.4 is 5.32 Å². The molecule has 0 aliphatic heterocycles. The summed E-state index contributed by atoms with van der Waals surface area (Å²) in [6.45, 7) is 5.22. The highest BCUT2D eigenvalue weighted by molar-refractivity contribution is 4.80. The molecule has 2 unspecified atom stereocenters. The van der Waals surface area contributed by atoms with Crippen LogP contribution in [0.3, 0.4) is 0 Å². The zero-order valence-electron chi connectivity index (χ0n) is 8.55. The fraction of sp³-hybridized carbons (Fsp3) is 1.00.